The normalized spacial score (nSPS) is 14.0. The Morgan fingerprint density at radius 1 is 1.40 bits per heavy atom. The van der Waals surface area contributed by atoms with Gasteiger partial charge in [0.2, 0.25) is 10.0 Å². The van der Waals surface area contributed by atoms with E-state index in [1.807, 2.05) is 13.8 Å². The van der Waals surface area contributed by atoms with Gasteiger partial charge in [0.05, 0.1) is 4.90 Å². The molecular formula is C13H20BrFN2O2S. The van der Waals surface area contributed by atoms with Gasteiger partial charge in [-0.2, -0.15) is 0 Å². The van der Waals surface area contributed by atoms with Gasteiger partial charge in [-0.3, -0.25) is 0 Å². The number of sulfonamides is 1. The highest BCUT2D eigenvalue weighted by Gasteiger charge is 2.24. The van der Waals surface area contributed by atoms with Crippen LogP contribution in [0.3, 0.4) is 0 Å². The first kappa shape index (κ1) is 17.6. The molecule has 0 radical (unpaired) electrons. The van der Waals surface area contributed by atoms with Gasteiger partial charge in [-0.05, 0) is 46.5 Å². The maximum absolute atomic E-state index is 13.0. The van der Waals surface area contributed by atoms with Crippen molar-refractivity contribution in [3.05, 3.63) is 28.5 Å². The molecule has 1 rings (SSSR count). The van der Waals surface area contributed by atoms with E-state index in [-0.39, 0.29) is 15.4 Å². The maximum Gasteiger partial charge on any atom is 0.243 e. The van der Waals surface area contributed by atoms with Crippen LogP contribution in [-0.4, -0.2) is 32.4 Å². The number of halogens is 2. The van der Waals surface area contributed by atoms with Crippen molar-refractivity contribution < 1.29 is 12.8 Å². The number of nitrogens with zero attached hydrogens (tertiary/aromatic N) is 1. The molecule has 1 aromatic carbocycles. The maximum atomic E-state index is 13.0. The van der Waals surface area contributed by atoms with E-state index >= 15 is 0 Å². The number of hydrogen-bond acceptors (Lipinski definition) is 3. The molecule has 0 heterocycles. The monoisotopic (exact) mass is 366 g/mol. The van der Waals surface area contributed by atoms with Crippen LogP contribution in [0.2, 0.25) is 0 Å². The molecule has 0 fully saturated rings. The summed E-state index contributed by atoms with van der Waals surface area (Å²) in [6, 6.07) is 3.48. The Bertz CT molecular complexity index is 563. The molecule has 0 aliphatic carbocycles. The fourth-order valence-corrected chi connectivity index (χ4v) is 3.83. The van der Waals surface area contributed by atoms with Crippen LogP contribution in [0.4, 0.5) is 4.39 Å². The first-order valence-electron chi connectivity index (χ1n) is 6.33. The summed E-state index contributed by atoms with van der Waals surface area (Å²) in [4.78, 5) is 0.0551. The average molecular weight is 367 g/mol. The van der Waals surface area contributed by atoms with Crippen LogP contribution in [0, 0.1) is 11.7 Å². The molecule has 1 unspecified atom stereocenters. The summed E-state index contributed by atoms with van der Waals surface area (Å²) in [5.41, 5.74) is 5.92. The molecule has 0 saturated carbocycles. The second-order valence-electron chi connectivity index (χ2n) is 5.10. The van der Waals surface area contributed by atoms with E-state index < -0.39 is 15.8 Å². The Morgan fingerprint density at radius 3 is 2.50 bits per heavy atom. The van der Waals surface area contributed by atoms with Gasteiger partial charge in [0.15, 0.2) is 0 Å². The molecule has 4 nitrogen and oxygen atoms in total. The quantitative estimate of drug-likeness (QED) is 0.841. The van der Waals surface area contributed by atoms with Gasteiger partial charge in [-0.1, -0.05) is 13.8 Å². The molecule has 0 bridgehead atoms. The fourth-order valence-electron chi connectivity index (χ4n) is 1.64. The lowest BCUT2D eigenvalue weighted by Gasteiger charge is -2.21. The third-order valence-corrected chi connectivity index (χ3v) is 6.05. The molecule has 1 atom stereocenters. The van der Waals surface area contributed by atoms with Crippen molar-refractivity contribution >= 4 is 26.0 Å². The van der Waals surface area contributed by atoms with Crippen molar-refractivity contribution in [1.82, 2.24) is 4.31 Å². The van der Waals surface area contributed by atoms with Gasteiger partial charge in [-0.15, -0.1) is 0 Å². The molecule has 0 aromatic heterocycles. The van der Waals surface area contributed by atoms with Gasteiger partial charge in [-0.25, -0.2) is 17.1 Å². The highest BCUT2D eigenvalue weighted by atomic mass is 79.9. The van der Waals surface area contributed by atoms with Gasteiger partial charge in [0.25, 0.3) is 0 Å². The van der Waals surface area contributed by atoms with Gasteiger partial charge in [0.1, 0.15) is 5.82 Å². The van der Waals surface area contributed by atoms with E-state index in [9.17, 15) is 12.8 Å². The molecule has 0 saturated heterocycles. The third-order valence-electron chi connectivity index (χ3n) is 3.22. The second kappa shape index (κ2) is 6.98. The van der Waals surface area contributed by atoms with E-state index in [0.717, 1.165) is 12.1 Å². The third kappa shape index (κ3) is 4.25. The molecule has 1 aromatic rings. The molecule has 0 spiro atoms. The van der Waals surface area contributed by atoms with E-state index in [0.29, 0.717) is 18.9 Å². The van der Waals surface area contributed by atoms with Gasteiger partial charge in [0, 0.05) is 24.1 Å². The van der Waals surface area contributed by atoms with E-state index in [2.05, 4.69) is 15.9 Å². The highest BCUT2D eigenvalue weighted by molar-refractivity contribution is 9.10. The van der Waals surface area contributed by atoms with E-state index in [4.69, 9.17) is 5.73 Å². The van der Waals surface area contributed by atoms with Crippen LogP contribution in [0.5, 0.6) is 0 Å². The Balaban J connectivity index is 2.87. The van der Waals surface area contributed by atoms with Gasteiger partial charge >= 0.3 is 0 Å². The van der Waals surface area contributed by atoms with E-state index in [1.54, 1.807) is 0 Å². The van der Waals surface area contributed by atoms with Crippen molar-refractivity contribution in [2.45, 2.75) is 31.2 Å². The predicted molar refractivity (Wildman–Crippen MR) is 81.3 cm³/mol. The zero-order chi connectivity index (χ0) is 15.5. The minimum atomic E-state index is -3.64. The minimum Gasteiger partial charge on any atom is -0.327 e. The van der Waals surface area contributed by atoms with Crippen molar-refractivity contribution in [3.63, 3.8) is 0 Å². The average Bonchev–Trinajstić information content (AvgIpc) is 2.34. The second-order valence-corrected chi connectivity index (χ2v) is 7.97. The Hall–Kier alpha value is -0.500. The summed E-state index contributed by atoms with van der Waals surface area (Å²) in [5.74, 6) is -0.191. The lowest BCUT2D eigenvalue weighted by atomic mass is 10.0. The summed E-state index contributed by atoms with van der Waals surface area (Å²) in [6.07, 6.45) is 0.576. The van der Waals surface area contributed by atoms with Crippen LogP contribution in [-0.2, 0) is 10.0 Å². The zero-order valence-electron chi connectivity index (χ0n) is 11.8. The highest BCUT2D eigenvalue weighted by Crippen LogP contribution is 2.25. The van der Waals surface area contributed by atoms with Crippen molar-refractivity contribution in [2.24, 2.45) is 11.7 Å². The van der Waals surface area contributed by atoms with Crippen LogP contribution in [0.15, 0.2) is 27.6 Å². The molecule has 0 aliphatic heterocycles. The fraction of sp³-hybridized carbons (Fsp3) is 0.538. The zero-order valence-corrected chi connectivity index (χ0v) is 14.2. The largest absolute Gasteiger partial charge is 0.327 e. The van der Waals surface area contributed by atoms with Crippen molar-refractivity contribution in [1.29, 1.82) is 0 Å². The Morgan fingerprint density at radius 2 is 2.00 bits per heavy atom. The van der Waals surface area contributed by atoms with Gasteiger partial charge < -0.3 is 5.73 Å². The lowest BCUT2D eigenvalue weighted by molar-refractivity contribution is 0.397. The number of rotatable bonds is 6. The lowest BCUT2D eigenvalue weighted by Crippen LogP contribution is -2.34. The first-order chi connectivity index (χ1) is 9.16. The summed E-state index contributed by atoms with van der Waals surface area (Å²) in [5, 5.41) is 0. The number of hydrogen-bond donors (Lipinski definition) is 1. The Labute approximate surface area is 128 Å². The SMILES string of the molecule is CC(C)C(N)CCN(C)S(=O)(=O)c1ccc(F)cc1Br. The van der Waals surface area contributed by atoms with Crippen molar-refractivity contribution in [2.75, 3.05) is 13.6 Å². The molecular weight excluding hydrogens is 347 g/mol. The summed E-state index contributed by atoms with van der Waals surface area (Å²) in [7, 11) is -2.15. The molecule has 0 amide bonds. The summed E-state index contributed by atoms with van der Waals surface area (Å²) in [6.45, 7) is 4.32. The molecule has 7 heteroatoms. The smallest absolute Gasteiger partial charge is 0.243 e. The van der Waals surface area contributed by atoms with Crippen LogP contribution < -0.4 is 5.73 Å². The van der Waals surface area contributed by atoms with Crippen LogP contribution in [0.1, 0.15) is 20.3 Å². The van der Waals surface area contributed by atoms with Crippen LogP contribution in [0.25, 0.3) is 0 Å². The van der Waals surface area contributed by atoms with E-state index in [1.165, 1.54) is 17.4 Å². The minimum absolute atomic E-state index is 0.0516. The van der Waals surface area contributed by atoms with Crippen LogP contribution >= 0.6 is 15.9 Å². The standard InChI is InChI=1S/C13H20BrFN2O2S/c1-9(2)12(16)6-7-17(3)20(18,19)13-5-4-10(15)8-11(13)14/h4-5,8-9,12H,6-7,16H2,1-3H3. The summed E-state index contributed by atoms with van der Waals surface area (Å²) >= 11 is 3.08. The topological polar surface area (TPSA) is 63.4 Å². The molecule has 20 heavy (non-hydrogen) atoms. The number of nitrogens with two attached hydrogens (primary N) is 1. The molecule has 2 N–H and O–H groups in total. The van der Waals surface area contributed by atoms with Crippen molar-refractivity contribution in [3.8, 4) is 0 Å². The molecule has 114 valence electrons. The number of benzene rings is 1. The predicted octanol–water partition coefficient (Wildman–Crippen LogP) is 2.58. The molecule has 0 aliphatic rings. The summed E-state index contributed by atoms with van der Waals surface area (Å²) < 4.78 is 39.2. The Kier molecular flexibility index (Phi) is 6.12. The first-order valence-corrected chi connectivity index (χ1v) is 8.56.